The summed E-state index contributed by atoms with van der Waals surface area (Å²) in [5.74, 6) is 2.55. The number of nitriles is 1. The molecule has 0 saturated heterocycles. The fraction of sp³-hybridized carbons (Fsp3) is 0.450. The van der Waals surface area contributed by atoms with Crippen LogP contribution in [0.2, 0.25) is 0 Å². The van der Waals surface area contributed by atoms with Crippen molar-refractivity contribution in [3.63, 3.8) is 0 Å². The molecule has 21 heavy (non-hydrogen) atoms. The molecule has 1 nitrogen and oxygen atoms in total. The Balaban J connectivity index is 1.64. The van der Waals surface area contributed by atoms with Gasteiger partial charge in [0.15, 0.2) is 0 Å². The molecule has 1 aromatic carbocycles. The summed E-state index contributed by atoms with van der Waals surface area (Å²) in [7, 11) is 0. The molecule has 0 heterocycles. The minimum Gasteiger partial charge on any atom is -0.192 e. The molecule has 3 rings (SSSR count). The third kappa shape index (κ3) is 3.27. The van der Waals surface area contributed by atoms with E-state index < -0.39 is 0 Å². The Bertz CT molecular complexity index is 577. The van der Waals surface area contributed by atoms with Gasteiger partial charge in [0, 0.05) is 0 Å². The predicted octanol–water partition coefficient (Wildman–Crippen LogP) is 5.34. The van der Waals surface area contributed by atoms with Gasteiger partial charge in [-0.25, -0.2) is 0 Å². The molecule has 2 aliphatic rings. The van der Waals surface area contributed by atoms with Gasteiger partial charge in [0.05, 0.1) is 11.6 Å². The third-order valence-corrected chi connectivity index (χ3v) is 5.15. The zero-order chi connectivity index (χ0) is 14.7. The first-order valence-electron chi connectivity index (χ1n) is 8.15. The Morgan fingerprint density at radius 3 is 2.33 bits per heavy atom. The lowest BCUT2D eigenvalue weighted by Gasteiger charge is -2.32. The quantitative estimate of drug-likeness (QED) is 0.715. The monoisotopic (exact) mass is 277 g/mol. The van der Waals surface area contributed by atoms with Gasteiger partial charge in [0.2, 0.25) is 0 Å². The van der Waals surface area contributed by atoms with Crippen LogP contribution in [0.4, 0.5) is 0 Å². The molecule has 0 bridgehead atoms. The van der Waals surface area contributed by atoms with Crippen molar-refractivity contribution in [3.8, 4) is 6.07 Å². The lowest BCUT2D eigenvalue weighted by molar-refractivity contribution is 0.240. The third-order valence-electron chi connectivity index (χ3n) is 5.15. The molecule has 2 aliphatic carbocycles. The fourth-order valence-corrected chi connectivity index (χ4v) is 3.65. The molecule has 108 valence electrons. The van der Waals surface area contributed by atoms with Gasteiger partial charge >= 0.3 is 0 Å². The highest BCUT2D eigenvalue weighted by Crippen LogP contribution is 2.38. The summed E-state index contributed by atoms with van der Waals surface area (Å²) in [4.78, 5) is 0. The molecule has 0 radical (unpaired) electrons. The van der Waals surface area contributed by atoms with E-state index in [1.807, 2.05) is 12.1 Å². The van der Waals surface area contributed by atoms with Crippen LogP contribution in [-0.4, -0.2) is 0 Å². The second kappa shape index (κ2) is 6.31. The van der Waals surface area contributed by atoms with Crippen molar-refractivity contribution in [1.29, 1.82) is 5.26 Å². The largest absolute Gasteiger partial charge is 0.192 e. The highest BCUT2D eigenvalue weighted by Gasteiger charge is 2.25. The second-order valence-electron chi connectivity index (χ2n) is 6.63. The highest BCUT2D eigenvalue weighted by molar-refractivity contribution is 5.75. The van der Waals surface area contributed by atoms with Crippen LogP contribution in [0.3, 0.4) is 0 Å². The zero-order valence-corrected chi connectivity index (χ0v) is 12.8. The van der Waals surface area contributed by atoms with Gasteiger partial charge in [-0.3, -0.25) is 0 Å². The summed E-state index contributed by atoms with van der Waals surface area (Å²) in [5, 5.41) is 8.86. The van der Waals surface area contributed by atoms with E-state index in [0.29, 0.717) is 0 Å². The van der Waals surface area contributed by atoms with Crippen molar-refractivity contribution >= 4 is 5.57 Å². The van der Waals surface area contributed by atoms with Gasteiger partial charge in [-0.15, -0.1) is 0 Å². The summed E-state index contributed by atoms with van der Waals surface area (Å²) in [6.07, 6.45) is 13.9. The molecular weight excluding hydrogens is 254 g/mol. The Morgan fingerprint density at radius 1 is 1.05 bits per heavy atom. The molecule has 0 spiro atoms. The topological polar surface area (TPSA) is 23.8 Å². The van der Waals surface area contributed by atoms with Crippen molar-refractivity contribution in [2.24, 2.45) is 17.8 Å². The summed E-state index contributed by atoms with van der Waals surface area (Å²) in [6.45, 7) is 2.38. The van der Waals surface area contributed by atoms with E-state index >= 15 is 0 Å². The number of allylic oxidation sites excluding steroid dienone is 4. The van der Waals surface area contributed by atoms with Crippen LogP contribution in [0.5, 0.6) is 0 Å². The first-order chi connectivity index (χ1) is 10.3. The van der Waals surface area contributed by atoms with E-state index in [0.717, 1.165) is 23.3 Å². The van der Waals surface area contributed by atoms with Gasteiger partial charge in [0.1, 0.15) is 0 Å². The Morgan fingerprint density at radius 2 is 1.76 bits per heavy atom. The number of hydrogen-bond acceptors (Lipinski definition) is 1. The number of rotatable bonds is 2. The first-order valence-corrected chi connectivity index (χ1v) is 8.15. The maximum Gasteiger partial charge on any atom is 0.0991 e. The predicted molar refractivity (Wildman–Crippen MR) is 87.5 cm³/mol. The molecule has 0 N–H and O–H groups in total. The number of nitrogens with zero attached hydrogens (tertiary/aromatic N) is 1. The van der Waals surface area contributed by atoms with E-state index in [2.05, 4.69) is 43.4 Å². The molecule has 1 atom stereocenters. The SMILES string of the molecule is C[C@H]1CC[C@H](C2C=CC(c3ccc(C#N)cc3)=CC2)CC1. The van der Waals surface area contributed by atoms with Crippen LogP contribution in [-0.2, 0) is 0 Å². The minimum atomic E-state index is 0.730. The average Bonchev–Trinajstić information content (AvgIpc) is 2.56. The molecule has 1 unspecified atom stereocenters. The van der Waals surface area contributed by atoms with Gasteiger partial charge in [-0.05, 0) is 60.3 Å². The summed E-state index contributed by atoms with van der Waals surface area (Å²) < 4.78 is 0. The second-order valence-corrected chi connectivity index (χ2v) is 6.63. The number of benzene rings is 1. The van der Waals surface area contributed by atoms with Gasteiger partial charge < -0.3 is 0 Å². The van der Waals surface area contributed by atoms with Crippen LogP contribution >= 0.6 is 0 Å². The van der Waals surface area contributed by atoms with E-state index in [9.17, 15) is 0 Å². The van der Waals surface area contributed by atoms with E-state index in [1.54, 1.807) is 0 Å². The van der Waals surface area contributed by atoms with Crippen molar-refractivity contribution in [2.75, 3.05) is 0 Å². The van der Waals surface area contributed by atoms with Crippen LogP contribution in [0.25, 0.3) is 5.57 Å². The van der Waals surface area contributed by atoms with Crippen molar-refractivity contribution in [1.82, 2.24) is 0 Å². The molecule has 1 heteroatoms. The molecule has 1 fully saturated rings. The lowest BCUT2D eigenvalue weighted by Crippen LogP contribution is -2.20. The lowest BCUT2D eigenvalue weighted by atomic mass is 9.74. The van der Waals surface area contributed by atoms with E-state index in [4.69, 9.17) is 5.26 Å². The standard InChI is InChI=1S/C20H23N/c1-15-2-6-17(7-3-15)19-10-12-20(13-11-19)18-8-4-16(14-21)5-9-18/h4-5,8-10,12-13,15,17,19H,2-3,6-7,11H2,1H3/t15-,17-,19?. The zero-order valence-electron chi connectivity index (χ0n) is 12.8. The van der Waals surface area contributed by atoms with Gasteiger partial charge in [-0.1, -0.05) is 50.1 Å². The molecule has 1 saturated carbocycles. The molecular formula is C20H23N. The first kappa shape index (κ1) is 14.1. The van der Waals surface area contributed by atoms with E-state index in [-0.39, 0.29) is 0 Å². The van der Waals surface area contributed by atoms with Crippen LogP contribution in [0.15, 0.2) is 42.5 Å². The maximum atomic E-state index is 8.86. The van der Waals surface area contributed by atoms with Gasteiger partial charge in [-0.2, -0.15) is 5.26 Å². The van der Waals surface area contributed by atoms with Crippen molar-refractivity contribution in [2.45, 2.75) is 39.0 Å². The minimum absolute atomic E-state index is 0.730. The molecule has 0 aliphatic heterocycles. The van der Waals surface area contributed by atoms with Crippen LogP contribution in [0, 0.1) is 29.1 Å². The Kier molecular flexibility index (Phi) is 4.25. The highest BCUT2D eigenvalue weighted by atomic mass is 14.3. The molecule has 0 aromatic heterocycles. The van der Waals surface area contributed by atoms with E-state index in [1.165, 1.54) is 43.2 Å². The number of hydrogen-bond donors (Lipinski definition) is 0. The maximum absolute atomic E-state index is 8.86. The Labute approximate surface area is 128 Å². The van der Waals surface area contributed by atoms with Crippen molar-refractivity contribution in [3.05, 3.63) is 53.6 Å². The molecule has 1 aromatic rings. The normalized spacial score (nSPS) is 28.8. The van der Waals surface area contributed by atoms with Crippen LogP contribution in [0.1, 0.15) is 50.2 Å². The average molecular weight is 277 g/mol. The van der Waals surface area contributed by atoms with Gasteiger partial charge in [0.25, 0.3) is 0 Å². The Hall–Kier alpha value is -1.81. The van der Waals surface area contributed by atoms with Crippen LogP contribution < -0.4 is 0 Å². The smallest absolute Gasteiger partial charge is 0.0991 e. The molecule has 0 amide bonds. The summed E-state index contributed by atoms with van der Waals surface area (Å²) >= 11 is 0. The fourth-order valence-electron chi connectivity index (χ4n) is 3.65. The summed E-state index contributed by atoms with van der Waals surface area (Å²) in [6, 6.07) is 10.1. The van der Waals surface area contributed by atoms with Crippen molar-refractivity contribution < 1.29 is 0 Å². The summed E-state index contributed by atoms with van der Waals surface area (Å²) in [5.41, 5.74) is 3.26.